The van der Waals surface area contributed by atoms with Crippen molar-refractivity contribution in [3.63, 3.8) is 0 Å². The lowest BCUT2D eigenvalue weighted by Crippen LogP contribution is -2.49. The fraction of sp³-hybridized carbons (Fsp3) is 0.500. The molecular weight excluding hydrogens is 238 g/mol. The minimum atomic E-state index is -0.189. The Bertz CT molecular complexity index is 410. The SMILES string of the molecule is NC1CCCCC1NC(=O)c1cccnc1Cl. The quantitative estimate of drug-likeness (QED) is 0.789. The Balaban J connectivity index is 2.04. The molecule has 0 spiro atoms. The van der Waals surface area contributed by atoms with E-state index in [0.717, 1.165) is 25.7 Å². The molecule has 92 valence electrons. The lowest BCUT2D eigenvalue weighted by atomic mass is 9.91. The Hall–Kier alpha value is -1.13. The molecule has 1 amide bonds. The Morgan fingerprint density at radius 1 is 1.47 bits per heavy atom. The van der Waals surface area contributed by atoms with E-state index >= 15 is 0 Å². The fourth-order valence-corrected chi connectivity index (χ4v) is 2.35. The third kappa shape index (κ3) is 2.96. The van der Waals surface area contributed by atoms with Crippen LogP contribution >= 0.6 is 11.6 Å². The topological polar surface area (TPSA) is 68.0 Å². The van der Waals surface area contributed by atoms with Gasteiger partial charge in [0.2, 0.25) is 0 Å². The van der Waals surface area contributed by atoms with Gasteiger partial charge >= 0.3 is 0 Å². The number of hydrogen-bond donors (Lipinski definition) is 2. The van der Waals surface area contributed by atoms with Gasteiger partial charge in [0.1, 0.15) is 5.15 Å². The molecule has 3 N–H and O–H groups in total. The van der Waals surface area contributed by atoms with Crippen LogP contribution < -0.4 is 11.1 Å². The van der Waals surface area contributed by atoms with Gasteiger partial charge in [0, 0.05) is 18.3 Å². The number of nitrogens with zero attached hydrogens (tertiary/aromatic N) is 1. The highest BCUT2D eigenvalue weighted by molar-refractivity contribution is 6.32. The van der Waals surface area contributed by atoms with Crippen LogP contribution in [0.5, 0.6) is 0 Å². The van der Waals surface area contributed by atoms with Gasteiger partial charge in [0.05, 0.1) is 5.56 Å². The van der Waals surface area contributed by atoms with Crippen LogP contribution in [0.15, 0.2) is 18.3 Å². The average molecular weight is 254 g/mol. The molecule has 4 nitrogen and oxygen atoms in total. The highest BCUT2D eigenvalue weighted by Gasteiger charge is 2.24. The molecule has 1 aliphatic carbocycles. The van der Waals surface area contributed by atoms with Crippen molar-refractivity contribution >= 4 is 17.5 Å². The van der Waals surface area contributed by atoms with Crippen molar-refractivity contribution in [1.82, 2.24) is 10.3 Å². The lowest BCUT2D eigenvalue weighted by Gasteiger charge is -2.29. The van der Waals surface area contributed by atoms with Crippen LogP contribution in [0, 0.1) is 0 Å². The second kappa shape index (κ2) is 5.47. The maximum atomic E-state index is 12.0. The van der Waals surface area contributed by atoms with Gasteiger partial charge in [0.25, 0.3) is 5.91 Å². The number of carbonyl (C=O) groups is 1. The van der Waals surface area contributed by atoms with Crippen molar-refractivity contribution in [1.29, 1.82) is 0 Å². The zero-order valence-corrected chi connectivity index (χ0v) is 10.3. The normalized spacial score (nSPS) is 24.4. The van der Waals surface area contributed by atoms with Gasteiger partial charge in [-0.25, -0.2) is 4.98 Å². The monoisotopic (exact) mass is 253 g/mol. The molecule has 5 heteroatoms. The molecule has 1 aliphatic rings. The summed E-state index contributed by atoms with van der Waals surface area (Å²) in [5, 5.41) is 3.17. The van der Waals surface area contributed by atoms with Crippen molar-refractivity contribution in [3.8, 4) is 0 Å². The summed E-state index contributed by atoms with van der Waals surface area (Å²) >= 11 is 5.87. The molecule has 1 aromatic heterocycles. The summed E-state index contributed by atoms with van der Waals surface area (Å²) in [4.78, 5) is 15.9. The molecule has 2 unspecified atom stereocenters. The first-order valence-corrected chi connectivity index (χ1v) is 6.23. The molecule has 0 saturated heterocycles. The molecular formula is C12H16ClN3O. The van der Waals surface area contributed by atoms with E-state index in [1.165, 1.54) is 0 Å². The summed E-state index contributed by atoms with van der Waals surface area (Å²) < 4.78 is 0. The minimum Gasteiger partial charge on any atom is -0.348 e. The van der Waals surface area contributed by atoms with E-state index < -0.39 is 0 Å². The number of halogens is 1. The van der Waals surface area contributed by atoms with Gasteiger partial charge in [-0.3, -0.25) is 4.79 Å². The fourth-order valence-electron chi connectivity index (χ4n) is 2.14. The smallest absolute Gasteiger partial charge is 0.254 e. The zero-order valence-electron chi connectivity index (χ0n) is 9.53. The van der Waals surface area contributed by atoms with Crippen LogP contribution in [0.1, 0.15) is 36.0 Å². The molecule has 0 bridgehead atoms. The van der Waals surface area contributed by atoms with Crippen molar-refractivity contribution in [2.45, 2.75) is 37.8 Å². The average Bonchev–Trinajstić information content (AvgIpc) is 2.32. The number of carbonyl (C=O) groups excluding carboxylic acids is 1. The summed E-state index contributed by atoms with van der Waals surface area (Å²) in [5.74, 6) is -0.189. The number of amides is 1. The predicted molar refractivity (Wildman–Crippen MR) is 66.9 cm³/mol. The van der Waals surface area contributed by atoms with Gasteiger partial charge < -0.3 is 11.1 Å². The van der Waals surface area contributed by atoms with Crippen molar-refractivity contribution in [2.24, 2.45) is 5.73 Å². The van der Waals surface area contributed by atoms with Crippen LogP contribution in [0.4, 0.5) is 0 Å². The van der Waals surface area contributed by atoms with Crippen LogP contribution in [-0.2, 0) is 0 Å². The Morgan fingerprint density at radius 3 is 2.94 bits per heavy atom. The summed E-state index contributed by atoms with van der Waals surface area (Å²) in [6, 6.07) is 3.45. The first kappa shape index (κ1) is 12.3. The predicted octanol–water partition coefficient (Wildman–Crippen LogP) is 1.73. The van der Waals surface area contributed by atoms with Crippen LogP contribution in [0.25, 0.3) is 0 Å². The van der Waals surface area contributed by atoms with Gasteiger partial charge in [-0.05, 0) is 25.0 Å². The Labute approximate surface area is 106 Å². The van der Waals surface area contributed by atoms with Crippen LogP contribution in [0.2, 0.25) is 5.15 Å². The molecule has 1 saturated carbocycles. The largest absolute Gasteiger partial charge is 0.348 e. The third-order valence-corrected chi connectivity index (χ3v) is 3.44. The number of aromatic nitrogens is 1. The summed E-state index contributed by atoms with van der Waals surface area (Å²) in [7, 11) is 0. The third-order valence-electron chi connectivity index (χ3n) is 3.14. The molecule has 0 radical (unpaired) electrons. The summed E-state index contributed by atoms with van der Waals surface area (Å²) in [5.41, 5.74) is 6.39. The number of rotatable bonds is 2. The molecule has 1 aromatic rings. The first-order chi connectivity index (χ1) is 8.18. The van der Waals surface area contributed by atoms with E-state index in [4.69, 9.17) is 17.3 Å². The van der Waals surface area contributed by atoms with Gasteiger partial charge in [-0.1, -0.05) is 24.4 Å². The van der Waals surface area contributed by atoms with Crippen LogP contribution in [-0.4, -0.2) is 23.0 Å². The minimum absolute atomic E-state index is 0.0446. The standard InChI is InChI=1S/C12H16ClN3O/c13-11-8(4-3-7-15-11)12(17)16-10-6-2-1-5-9(10)14/h3-4,7,9-10H,1-2,5-6,14H2,(H,16,17). The van der Waals surface area contributed by atoms with Gasteiger partial charge in [0.15, 0.2) is 0 Å². The number of hydrogen-bond acceptors (Lipinski definition) is 3. The maximum Gasteiger partial charge on any atom is 0.254 e. The van der Waals surface area contributed by atoms with Crippen molar-refractivity contribution in [2.75, 3.05) is 0 Å². The Morgan fingerprint density at radius 2 is 2.24 bits per heavy atom. The number of nitrogens with one attached hydrogen (secondary N) is 1. The van der Waals surface area contributed by atoms with Gasteiger partial charge in [-0.2, -0.15) is 0 Å². The first-order valence-electron chi connectivity index (χ1n) is 5.85. The number of nitrogens with two attached hydrogens (primary N) is 1. The van der Waals surface area contributed by atoms with Gasteiger partial charge in [-0.15, -0.1) is 0 Å². The van der Waals surface area contributed by atoms with E-state index in [1.54, 1.807) is 18.3 Å². The second-order valence-electron chi connectivity index (χ2n) is 4.37. The molecule has 17 heavy (non-hydrogen) atoms. The van der Waals surface area contributed by atoms with E-state index in [9.17, 15) is 4.79 Å². The van der Waals surface area contributed by atoms with E-state index in [0.29, 0.717) is 5.56 Å². The zero-order chi connectivity index (χ0) is 12.3. The molecule has 0 aliphatic heterocycles. The van der Waals surface area contributed by atoms with Crippen LogP contribution in [0.3, 0.4) is 0 Å². The van der Waals surface area contributed by atoms with E-state index in [2.05, 4.69) is 10.3 Å². The molecule has 2 atom stereocenters. The van der Waals surface area contributed by atoms with Crippen molar-refractivity contribution in [3.05, 3.63) is 29.0 Å². The molecule has 2 rings (SSSR count). The molecule has 1 heterocycles. The van der Waals surface area contributed by atoms with Crippen molar-refractivity contribution < 1.29 is 4.79 Å². The summed E-state index contributed by atoms with van der Waals surface area (Å²) in [6.45, 7) is 0. The Kier molecular flexibility index (Phi) is 3.97. The molecule has 1 fully saturated rings. The highest BCUT2D eigenvalue weighted by Crippen LogP contribution is 2.18. The van der Waals surface area contributed by atoms with E-state index in [-0.39, 0.29) is 23.1 Å². The molecule has 0 aromatic carbocycles. The number of pyridine rings is 1. The summed E-state index contributed by atoms with van der Waals surface area (Å²) in [6.07, 6.45) is 5.71. The van der Waals surface area contributed by atoms with E-state index in [1.807, 2.05) is 0 Å². The highest BCUT2D eigenvalue weighted by atomic mass is 35.5. The lowest BCUT2D eigenvalue weighted by molar-refractivity contribution is 0.0921. The second-order valence-corrected chi connectivity index (χ2v) is 4.73. The maximum absolute atomic E-state index is 12.0.